The summed E-state index contributed by atoms with van der Waals surface area (Å²) in [5, 5.41) is 0. The van der Waals surface area contributed by atoms with Crippen LogP contribution in [0.15, 0.2) is 36.4 Å². The van der Waals surface area contributed by atoms with E-state index in [-0.39, 0.29) is 17.4 Å². The van der Waals surface area contributed by atoms with Gasteiger partial charge in [-0.25, -0.2) is 4.39 Å². The van der Waals surface area contributed by atoms with Crippen molar-refractivity contribution in [1.82, 2.24) is 0 Å². The molecular weight excluding hydrogens is 263 g/mol. The average molecular weight is 279 g/mol. The van der Waals surface area contributed by atoms with Crippen LogP contribution in [0.4, 0.5) is 4.39 Å². The van der Waals surface area contributed by atoms with E-state index in [1.165, 1.54) is 6.07 Å². The van der Waals surface area contributed by atoms with E-state index in [1.54, 1.807) is 12.1 Å². The van der Waals surface area contributed by atoms with Crippen LogP contribution in [0.5, 0.6) is 5.75 Å². The minimum absolute atomic E-state index is 0.236. The lowest BCUT2D eigenvalue weighted by atomic mass is 10.1. The third kappa shape index (κ3) is 3.27. The van der Waals surface area contributed by atoms with E-state index in [4.69, 9.17) is 16.3 Å². The SMILES string of the molecule is Cc1ccc(C)c(COc2c(F)cccc2CCl)c1. The molecule has 0 N–H and O–H groups in total. The van der Waals surface area contributed by atoms with Crippen LogP contribution in [-0.4, -0.2) is 0 Å². The smallest absolute Gasteiger partial charge is 0.165 e. The van der Waals surface area contributed by atoms with Gasteiger partial charge in [-0.15, -0.1) is 11.6 Å². The number of rotatable bonds is 4. The molecule has 0 aliphatic carbocycles. The summed E-state index contributed by atoms with van der Waals surface area (Å²) >= 11 is 5.80. The molecule has 0 saturated heterocycles. The van der Waals surface area contributed by atoms with E-state index >= 15 is 0 Å². The molecular formula is C16H16ClFO. The van der Waals surface area contributed by atoms with E-state index in [9.17, 15) is 4.39 Å². The molecule has 2 aromatic rings. The van der Waals surface area contributed by atoms with Crippen molar-refractivity contribution in [3.8, 4) is 5.75 Å². The van der Waals surface area contributed by atoms with Crippen LogP contribution in [0.25, 0.3) is 0 Å². The van der Waals surface area contributed by atoms with Gasteiger partial charge < -0.3 is 4.74 Å². The van der Waals surface area contributed by atoms with Crippen molar-refractivity contribution in [1.29, 1.82) is 0 Å². The topological polar surface area (TPSA) is 9.23 Å². The quantitative estimate of drug-likeness (QED) is 0.733. The number of hydrogen-bond donors (Lipinski definition) is 0. The molecule has 2 aromatic carbocycles. The van der Waals surface area contributed by atoms with Gasteiger partial charge in [0.2, 0.25) is 0 Å². The van der Waals surface area contributed by atoms with Gasteiger partial charge in [0.25, 0.3) is 0 Å². The van der Waals surface area contributed by atoms with E-state index in [0.717, 1.165) is 16.7 Å². The summed E-state index contributed by atoms with van der Waals surface area (Å²) in [5.74, 6) is 0.113. The zero-order valence-electron chi connectivity index (χ0n) is 11.0. The van der Waals surface area contributed by atoms with E-state index in [2.05, 4.69) is 6.07 Å². The Balaban J connectivity index is 2.21. The van der Waals surface area contributed by atoms with Crippen molar-refractivity contribution >= 4 is 11.6 Å². The van der Waals surface area contributed by atoms with Crippen molar-refractivity contribution < 1.29 is 9.13 Å². The first kappa shape index (κ1) is 13.9. The first-order valence-corrected chi connectivity index (χ1v) is 6.67. The highest BCUT2D eigenvalue weighted by molar-refractivity contribution is 6.17. The Hall–Kier alpha value is -1.54. The molecule has 0 aromatic heterocycles. The minimum Gasteiger partial charge on any atom is -0.485 e. The zero-order chi connectivity index (χ0) is 13.8. The van der Waals surface area contributed by atoms with Crippen LogP contribution >= 0.6 is 11.6 Å². The van der Waals surface area contributed by atoms with Crippen LogP contribution in [0.2, 0.25) is 0 Å². The van der Waals surface area contributed by atoms with Crippen molar-refractivity contribution in [2.75, 3.05) is 0 Å². The molecule has 100 valence electrons. The highest BCUT2D eigenvalue weighted by Gasteiger charge is 2.10. The van der Waals surface area contributed by atoms with E-state index in [1.807, 2.05) is 26.0 Å². The summed E-state index contributed by atoms with van der Waals surface area (Å²) in [6, 6.07) is 10.9. The fraction of sp³-hybridized carbons (Fsp3) is 0.250. The van der Waals surface area contributed by atoms with Crippen molar-refractivity contribution in [3.63, 3.8) is 0 Å². The lowest BCUT2D eigenvalue weighted by Gasteiger charge is -2.12. The predicted molar refractivity (Wildman–Crippen MR) is 76.2 cm³/mol. The number of benzene rings is 2. The monoisotopic (exact) mass is 278 g/mol. The van der Waals surface area contributed by atoms with Gasteiger partial charge in [0.05, 0.1) is 5.88 Å². The van der Waals surface area contributed by atoms with Crippen LogP contribution in [0.3, 0.4) is 0 Å². The standard InChI is InChI=1S/C16H16ClFO/c1-11-6-7-12(2)14(8-11)10-19-16-13(9-17)4-3-5-15(16)18/h3-8H,9-10H2,1-2H3. The summed E-state index contributed by atoms with van der Waals surface area (Å²) in [5.41, 5.74) is 4.03. The predicted octanol–water partition coefficient (Wildman–Crippen LogP) is 4.76. The first-order chi connectivity index (χ1) is 9.11. The molecule has 2 rings (SSSR count). The van der Waals surface area contributed by atoms with Crippen LogP contribution in [0.1, 0.15) is 22.3 Å². The Bertz CT molecular complexity index is 581. The summed E-state index contributed by atoms with van der Waals surface area (Å²) in [4.78, 5) is 0. The van der Waals surface area contributed by atoms with Gasteiger partial charge in [-0.1, -0.05) is 35.9 Å². The number of aryl methyl sites for hydroxylation is 2. The summed E-state index contributed by atoms with van der Waals surface area (Å²) in [6.45, 7) is 4.39. The lowest BCUT2D eigenvalue weighted by Crippen LogP contribution is -2.02. The van der Waals surface area contributed by atoms with Gasteiger partial charge in [0.15, 0.2) is 11.6 Å². The molecule has 0 amide bonds. The number of para-hydroxylation sites is 1. The molecule has 0 saturated carbocycles. The molecule has 0 radical (unpaired) electrons. The normalized spacial score (nSPS) is 10.5. The molecule has 0 spiro atoms. The number of hydrogen-bond acceptors (Lipinski definition) is 1. The number of halogens is 2. The molecule has 0 heterocycles. The second kappa shape index (κ2) is 6.07. The van der Waals surface area contributed by atoms with Crippen LogP contribution in [0, 0.1) is 19.7 Å². The maximum atomic E-state index is 13.7. The fourth-order valence-electron chi connectivity index (χ4n) is 1.93. The molecule has 0 bridgehead atoms. The molecule has 0 unspecified atom stereocenters. The maximum Gasteiger partial charge on any atom is 0.165 e. The van der Waals surface area contributed by atoms with Crippen LogP contribution < -0.4 is 4.74 Å². The average Bonchev–Trinajstić information content (AvgIpc) is 2.40. The fourth-order valence-corrected chi connectivity index (χ4v) is 2.14. The summed E-state index contributed by atoms with van der Waals surface area (Å²) in [6.07, 6.45) is 0. The van der Waals surface area contributed by atoms with E-state index in [0.29, 0.717) is 12.2 Å². The molecule has 0 aliphatic rings. The van der Waals surface area contributed by atoms with Gasteiger partial charge in [0.1, 0.15) is 6.61 Å². The van der Waals surface area contributed by atoms with Crippen molar-refractivity contribution in [3.05, 3.63) is 64.5 Å². The Morgan fingerprint density at radius 3 is 2.63 bits per heavy atom. The second-order valence-electron chi connectivity index (χ2n) is 4.58. The Kier molecular flexibility index (Phi) is 4.43. The number of alkyl halides is 1. The third-order valence-corrected chi connectivity index (χ3v) is 3.36. The largest absolute Gasteiger partial charge is 0.485 e. The Labute approximate surface area is 118 Å². The highest BCUT2D eigenvalue weighted by atomic mass is 35.5. The minimum atomic E-state index is -0.372. The molecule has 1 nitrogen and oxygen atoms in total. The van der Waals surface area contributed by atoms with Gasteiger partial charge in [-0.2, -0.15) is 0 Å². The Morgan fingerprint density at radius 2 is 1.89 bits per heavy atom. The highest BCUT2D eigenvalue weighted by Crippen LogP contribution is 2.25. The molecule has 0 aliphatic heterocycles. The zero-order valence-corrected chi connectivity index (χ0v) is 11.8. The van der Waals surface area contributed by atoms with E-state index < -0.39 is 0 Å². The lowest BCUT2D eigenvalue weighted by molar-refractivity contribution is 0.287. The maximum absolute atomic E-state index is 13.7. The molecule has 19 heavy (non-hydrogen) atoms. The van der Waals surface area contributed by atoms with Crippen molar-refractivity contribution in [2.45, 2.75) is 26.3 Å². The summed E-state index contributed by atoms with van der Waals surface area (Å²) in [7, 11) is 0. The first-order valence-electron chi connectivity index (χ1n) is 6.14. The molecule has 0 fully saturated rings. The van der Waals surface area contributed by atoms with Crippen molar-refractivity contribution in [2.24, 2.45) is 0 Å². The third-order valence-electron chi connectivity index (χ3n) is 3.07. The molecule has 0 atom stereocenters. The number of ether oxygens (including phenoxy) is 1. The van der Waals surface area contributed by atoms with Gasteiger partial charge in [-0.05, 0) is 31.0 Å². The molecule has 3 heteroatoms. The second-order valence-corrected chi connectivity index (χ2v) is 4.85. The van der Waals surface area contributed by atoms with Crippen LogP contribution in [-0.2, 0) is 12.5 Å². The van der Waals surface area contributed by atoms with Gasteiger partial charge >= 0.3 is 0 Å². The van der Waals surface area contributed by atoms with Gasteiger partial charge in [-0.3, -0.25) is 0 Å². The van der Waals surface area contributed by atoms with Gasteiger partial charge in [0, 0.05) is 5.56 Å². The summed E-state index contributed by atoms with van der Waals surface area (Å²) < 4.78 is 19.4. The Morgan fingerprint density at radius 1 is 1.11 bits per heavy atom.